The van der Waals surface area contributed by atoms with Gasteiger partial charge in [0.25, 0.3) is 0 Å². The summed E-state index contributed by atoms with van der Waals surface area (Å²) < 4.78 is 22.9. The van der Waals surface area contributed by atoms with E-state index in [4.69, 9.17) is 38.9 Å². The van der Waals surface area contributed by atoms with E-state index in [2.05, 4.69) is 13.2 Å². The quantitative estimate of drug-likeness (QED) is 0.416. The van der Waals surface area contributed by atoms with Crippen molar-refractivity contribution in [1.29, 1.82) is 0 Å². The Hall–Kier alpha value is -2.97. The van der Waals surface area contributed by atoms with Crippen LogP contribution in [0.1, 0.15) is 53.4 Å². The van der Waals surface area contributed by atoms with Crippen molar-refractivity contribution in [2.45, 2.75) is 76.5 Å². The summed E-state index contributed by atoms with van der Waals surface area (Å²) in [6.07, 6.45) is 4.96. The summed E-state index contributed by atoms with van der Waals surface area (Å²) in [5.41, 5.74) is -3.04. The second-order valence-electron chi connectivity index (χ2n) is 9.67. The molecule has 4 atom stereocenters. The normalized spacial score (nSPS) is 27.9. The van der Waals surface area contributed by atoms with E-state index < -0.39 is 11.1 Å². The fourth-order valence-corrected chi connectivity index (χ4v) is 4.64. The molecule has 0 bridgehead atoms. The second kappa shape index (κ2) is 12.3. The molecule has 2 rings (SSSR count). The van der Waals surface area contributed by atoms with Crippen LogP contribution in [-0.4, -0.2) is 81.0 Å². The Balaban J connectivity index is 2.88. The third kappa shape index (κ3) is 5.25. The monoisotopic (exact) mass is 502 g/mol. The summed E-state index contributed by atoms with van der Waals surface area (Å²) >= 11 is 0. The summed E-state index contributed by atoms with van der Waals surface area (Å²) in [6, 6.07) is -0.770. The van der Waals surface area contributed by atoms with Gasteiger partial charge < -0.3 is 18.9 Å². The lowest BCUT2D eigenvalue weighted by Crippen LogP contribution is -2.63. The lowest BCUT2D eigenvalue weighted by Gasteiger charge is -2.42. The number of methoxy groups -OCH3 is 4. The first-order chi connectivity index (χ1) is 17.1. The molecule has 0 aromatic heterocycles. The molecule has 200 valence electrons. The zero-order chi connectivity index (χ0) is 27.1. The Kier molecular flexibility index (Phi) is 10.0. The molecule has 36 heavy (non-hydrogen) atoms. The number of Topliss-reactive ketones (excluding diaryl/α,β-unsaturated/α-hetero) is 1. The smallest absolute Gasteiger partial charge is 0.220 e. The maximum Gasteiger partial charge on any atom is 0.220 e. The molecule has 2 aliphatic heterocycles. The molecule has 0 aromatic carbocycles. The third-order valence-corrected chi connectivity index (χ3v) is 6.57. The van der Waals surface area contributed by atoms with Crippen molar-refractivity contribution >= 4 is 29.4 Å². The van der Waals surface area contributed by atoms with Gasteiger partial charge >= 0.3 is 0 Å². The molecule has 0 spiro atoms. The van der Waals surface area contributed by atoms with E-state index in [0.29, 0.717) is 24.6 Å². The Bertz CT molecular complexity index is 878. The van der Waals surface area contributed by atoms with Crippen LogP contribution in [0.3, 0.4) is 0 Å². The Morgan fingerprint density at radius 3 is 1.39 bits per heavy atom. The van der Waals surface area contributed by atoms with Crippen LogP contribution in [0.25, 0.3) is 0 Å². The molecule has 0 saturated heterocycles. The number of rotatable bonds is 10. The minimum absolute atomic E-state index is 0.0757. The van der Waals surface area contributed by atoms with Crippen molar-refractivity contribution in [3.05, 3.63) is 25.3 Å². The zero-order valence-corrected chi connectivity index (χ0v) is 23.0. The first-order valence-corrected chi connectivity index (χ1v) is 12.4. The lowest BCUT2D eigenvalue weighted by atomic mass is 9.74. The number of hydrogen-bond donors (Lipinski definition) is 0. The molecule has 0 radical (unpaired) electrons. The van der Waals surface area contributed by atoms with Gasteiger partial charge in [-0.2, -0.15) is 0 Å². The molecule has 2 heterocycles. The van der Waals surface area contributed by atoms with Gasteiger partial charge in [0.1, 0.15) is 12.1 Å². The Morgan fingerprint density at radius 1 is 0.778 bits per heavy atom. The molecule has 0 aromatic rings. The summed E-state index contributed by atoms with van der Waals surface area (Å²) in [4.78, 5) is 34.4. The number of carbonyl (C=O) groups is 1. The van der Waals surface area contributed by atoms with Crippen molar-refractivity contribution in [2.75, 3.05) is 28.4 Å². The number of allylic oxidation sites excluding steroid dienone is 2. The van der Waals surface area contributed by atoms with E-state index in [-0.39, 0.29) is 54.3 Å². The number of nitrogens with zero attached hydrogens (tertiary/aromatic N) is 4. The summed E-state index contributed by atoms with van der Waals surface area (Å²) in [5, 5.41) is 0. The first-order valence-electron chi connectivity index (χ1n) is 12.4. The average Bonchev–Trinajstić information content (AvgIpc) is 2.88. The van der Waals surface area contributed by atoms with Crippen LogP contribution in [0.4, 0.5) is 0 Å². The number of ether oxygens (including phenoxy) is 4. The van der Waals surface area contributed by atoms with E-state index in [1.165, 1.54) is 28.4 Å². The second-order valence-corrected chi connectivity index (χ2v) is 9.67. The molecule has 0 unspecified atom stereocenters. The van der Waals surface area contributed by atoms with Crippen LogP contribution in [-0.2, 0) is 23.7 Å². The van der Waals surface area contributed by atoms with Gasteiger partial charge in [-0.25, -0.2) is 20.0 Å². The van der Waals surface area contributed by atoms with Gasteiger partial charge in [0.15, 0.2) is 0 Å². The zero-order valence-electron chi connectivity index (χ0n) is 23.0. The average molecular weight is 503 g/mol. The third-order valence-electron chi connectivity index (χ3n) is 6.57. The van der Waals surface area contributed by atoms with Crippen LogP contribution in [0.2, 0.25) is 0 Å². The molecule has 0 N–H and O–H groups in total. The topological polar surface area (TPSA) is 103 Å². The van der Waals surface area contributed by atoms with Crippen LogP contribution in [0, 0.1) is 11.8 Å². The fraction of sp³-hybridized carbons (Fsp3) is 0.667. The van der Waals surface area contributed by atoms with Gasteiger partial charge in [-0.1, -0.05) is 39.8 Å². The van der Waals surface area contributed by atoms with Crippen LogP contribution in [0.5, 0.6) is 0 Å². The molecule has 2 aliphatic rings. The molecule has 9 heteroatoms. The molecule has 0 fully saturated rings. The van der Waals surface area contributed by atoms with E-state index in [0.717, 1.165) is 0 Å². The van der Waals surface area contributed by atoms with Crippen molar-refractivity contribution in [3.8, 4) is 0 Å². The van der Waals surface area contributed by atoms with Crippen molar-refractivity contribution < 1.29 is 23.7 Å². The lowest BCUT2D eigenvalue weighted by molar-refractivity contribution is -0.126. The maximum atomic E-state index is 14.9. The molecule has 0 aliphatic carbocycles. The fourth-order valence-electron chi connectivity index (χ4n) is 4.64. The van der Waals surface area contributed by atoms with Crippen molar-refractivity contribution in [2.24, 2.45) is 31.8 Å². The van der Waals surface area contributed by atoms with Crippen LogP contribution < -0.4 is 0 Å². The highest BCUT2D eigenvalue weighted by Gasteiger charge is 2.60. The van der Waals surface area contributed by atoms with Gasteiger partial charge in [-0.15, -0.1) is 13.2 Å². The molecular weight excluding hydrogens is 460 g/mol. The highest BCUT2D eigenvalue weighted by Crippen LogP contribution is 2.39. The predicted octanol–water partition coefficient (Wildman–Crippen LogP) is 4.22. The van der Waals surface area contributed by atoms with Gasteiger partial charge in [0.05, 0.1) is 28.4 Å². The van der Waals surface area contributed by atoms with E-state index in [1.54, 1.807) is 12.2 Å². The highest BCUT2D eigenvalue weighted by molar-refractivity contribution is 6.26. The molecule has 0 saturated carbocycles. The van der Waals surface area contributed by atoms with Gasteiger partial charge in [-0.3, -0.25) is 4.79 Å². The Morgan fingerprint density at radius 2 is 1.14 bits per heavy atom. The van der Waals surface area contributed by atoms with Gasteiger partial charge in [0, 0.05) is 0 Å². The molecule has 0 amide bonds. The number of hydrogen-bond acceptors (Lipinski definition) is 9. The summed E-state index contributed by atoms with van der Waals surface area (Å²) in [5.74, 6) is 0.937. The number of aliphatic imine (C=N–C) groups is 4. The van der Waals surface area contributed by atoms with Crippen molar-refractivity contribution in [1.82, 2.24) is 0 Å². The summed E-state index contributed by atoms with van der Waals surface area (Å²) in [6.45, 7) is 15.8. The number of ketones is 1. The largest absolute Gasteiger partial charge is 0.483 e. The van der Waals surface area contributed by atoms with E-state index in [1.807, 2.05) is 27.7 Å². The summed E-state index contributed by atoms with van der Waals surface area (Å²) in [7, 11) is 6.07. The Labute approximate surface area is 215 Å². The van der Waals surface area contributed by atoms with E-state index in [9.17, 15) is 4.79 Å². The van der Waals surface area contributed by atoms with E-state index >= 15 is 0 Å². The molecular formula is C27H42N4O5. The standard InChI is InChI=1S/C27H42N4O5/c1-11-13-15-26(24(35-9)28-19(17(3)4)21(30-26)33-7)23(32)27(16-14-12-2)25(36-10)29-20(18(5)6)22(31-27)34-8/h11-12,17-20H,1-2,13-16H2,3-10H3/t19-,20-,26+,27+/m1/s1. The maximum absolute atomic E-state index is 14.9. The van der Waals surface area contributed by atoms with Crippen LogP contribution in [0.15, 0.2) is 45.3 Å². The highest BCUT2D eigenvalue weighted by atomic mass is 16.5. The number of carbonyl (C=O) groups excluding carboxylic acids is 1. The molecule has 9 nitrogen and oxygen atoms in total. The first kappa shape index (κ1) is 29.3. The SMILES string of the molecule is C=CCC[C@@]1(C(=O)[C@]2(CCC=C)N=C(OC)[C@@H](C(C)C)N=C2OC)N=C(OC)[C@@H](C(C)C)N=C1OC. The van der Waals surface area contributed by atoms with Crippen molar-refractivity contribution in [3.63, 3.8) is 0 Å². The van der Waals surface area contributed by atoms with Gasteiger partial charge in [-0.05, 0) is 37.5 Å². The minimum Gasteiger partial charge on any atom is -0.483 e. The minimum atomic E-state index is -1.52. The predicted molar refractivity (Wildman–Crippen MR) is 144 cm³/mol. The van der Waals surface area contributed by atoms with Gasteiger partial charge in [0.2, 0.25) is 40.5 Å². The van der Waals surface area contributed by atoms with Crippen LogP contribution >= 0.6 is 0 Å².